The van der Waals surface area contributed by atoms with Crippen molar-refractivity contribution in [3.8, 4) is 27.6 Å². The molecule has 3 heterocycles. The molecule has 0 aliphatic heterocycles. The fraction of sp³-hybridized carbons (Fsp3) is 0.0909. The van der Waals surface area contributed by atoms with E-state index in [1.807, 2.05) is 60.7 Å². The van der Waals surface area contributed by atoms with Crippen LogP contribution in [-0.4, -0.2) is 27.3 Å². The summed E-state index contributed by atoms with van der Waals surface area (Å²) in [7, 11) is 1.63. The van der Waals surface area contributed by atoms with Crippen LogP contribution in [0, 0.1) is 0 Å². The van der Waals surface area contributed by atoms with Gasteiger partial charge in [0.2, 0.25) is 5.89 Å². The molecule has 0 saturated carbocycles. The standard InChI is InChI=1S/C22H16N4O3S2/c1-28-15-9-7-13(8-10-15)17-11-16-19(31-17)20(27)24-18(23-16)12-30-22-26-25-21(29-22)14-5-3-2-4-6-14/h2-11H,12H2,1H3,(H,23,24,27). The molecule has 3 aromatic heterocycles. The second kappa shape index (κ2) is 8.37. The number of nitrogens with zero attached hydrogens (tertiary/aromatic N) is 3. The Hall–Kier alpha value is -3.43. The lowest BCUT2D eigenvalue weighted by Crippen LogP contribution is -2.09. The number of methoxy groups -OCH3 is 1. The summed E-state index contributed by atoms with van der Waals surface area (Å²) >= 11 is 2.75. The van der Waals surface area contributed by atoms with Gasteiger partial charge in [0, 0.05) is 10.4 Å². The highest BCUT2D eigenvalue weighted by Gasteiger charge is 2.13. The van der Waals surface area contributed by atoms with Crippen molar-refractivity contribution in [1.29, 1.82) is 0 Å². The minimum Gasteiger partial charge on any atom is -0.497 e. The van der Waals surface area contributed by atoms with Gasteiger partial charge in [-0.2, -0.15) is 0 Å². The molecule has 5 rings (SSSR count). The molecule has 0 aliphatic carbocycles. The summed E-state index contributed by atoms with van der Waals surface area (Å²) in [5, 5.41) is 8.57. The van der Waals surface area contributed by atoms with Gasteiger partial charge in [-0.05, 0) is 48.0 Å². The predicted octanol–water partition coefficient (Wildman–Crippen LogP) is 5.00. The maximum Gasteiger partial charge on any atom is 0.277 e. The molecule has 0 bridgehead atoms. The van der Waals surface area contributed by atoms with Gasteiger partial charge in [0.1, 0.15) is 16.3 Å². The molecule has 31 heavy (non-hydrogen) atoms. The topological polar surface area (TPSA) is 93.9 Å². The molecule has 0 unspecified atom stereocenters. The van der Waals surface area contributed by atoms with E-state index in [1.54, 1.807) is 7.11 Å². The summed E-state index contributed by atoms with van der Waals surface area (Å²) in [6.45, 7) is 0. The zero-order valence-electron chi connectivity index (χ0n) is 16.4. The number of nitrogens with one attached hydrogen (secondary N) is 1. The molecule has 0 atom stereocenters. The van der Waals surface area contributed by atoms with Crippen molar-refractivity contribution in [2.45, 2.75) is 11.0 Å². The number of thiophene rings is 1. The monoisotopic (exact) mass is 448 g/mol. The summed E-state index contributed by atoms with van der Waals surface area (Å²) in [4.78, 5) is 21.0. The summed E-state index contributed by atoms with van der Waals surface area (Å²) in [5.74, 6) is 2.22. The quantitative estimate of drug-likeness (QED) is 0.365. The smallest absolute Gasteiger partial charge is 0.277 e. The molecule has 7 nitrogen and oxygen atoms in total. The summed E-state index contributed by atoms with van der Waals surface area (Å²) in [6.07, 6.45) is 0. The number of ether oxygens (including phenoxy) is 1. The minimum atomic E-state index is -0.152. The second-order valence-electron chi connectivity index (χ2n) is 6.59. The van der Waals surface area contributed by atoms with Crippen molar-refractivity contribution in [3.63, 3.8) is 0 Å². The number of H-pyrrole nitrogens is 1. The third-order valence-corrected chi connectivity index (χ3v) is 6.57. The first-order chi connectivity index (χ1) is 15.2. The highest BCUT2D eigenvalue weighted by atomic mass is 32.2. The molecule has 2 aromatic carbocycles. The van der Waals surface area contributed by atoms with Gasteiger partial charge in [0.25, 0.3) is 10.8 Å². The first-order valence-electron chi connectivity index (χ1n) is 9.38. The lowest BCUT2D eigenvalue weighted by molar-refractivity contribution is 0.415. The van der Waals surface area contributed by atoms with E-state index in [-0.39, 0.29) is 5.56 Å². The number of thioether (sulfide) groups is 1. The van der Waals surface area contributed by atoms with Gasteiger partial charge in [-0.1, -0.05) is 30.0 Å². The van der Waals surface area contributed by atoms with Crippen molar-refractivity contribution in [3.05, 3.63) is 76.8 Å². The molecule has 0 fully saturated rings. The van der Waals surface area contributed by atoms with Crippen molar-refractivity contribution in [1.82, 2.24) is 20.2 Å². The van der Waals surface area contributed by atoms with Crippen LogP contribution in [0.15, 0.2) is 75.1 Å². The largest absolute Gasteiger partial charge is 0.497 e. The zero-order valence-corrected chi connectivity index (χ0v) is 18.0. The van der Waals surface area contributed by atoms with Crippen LogP contribution in [0.3, 0.4) is 0 Å². The third-order valence-electron chi connectivity index (χ3n) is 4.57. The van der Waals surface area contributed by atoms with Crippen molar-refractivity contribution in [2.24, 2.45) is 0 Å². The number of aromatic nitrogens is 4. The summed E-state index contributed by atoms with van der Waals surface area (Å²) in [5.41, 5.74) is 2.39. The summed E-state index contributed by atoms with van der Waals surface area (Å²) < 4.78 is 11.5. The Balaban J connectivity index is 1.36. The van der Waals surface area contributed by atoms with Crippen LogP contribution in [0.4, 0.5) is 0 Å². The fourth-order valence-electron chi connectivity index (χ4n) is 3.05. The van der Waals surface area contributed by atoms with Gasteiger partial charge < -0.3 is 14.1 Å². The molecule has 0 radical (unpaired) electrons. The molecular weight excluding hydrogens is 432 g/mol. The van der Waals surface area contributed by atoms with Crippen LogP contribution in [-0.2, 0) is 5.75 Å². The van der Waals surface area contributed by atoms with Gasteiger partial charge in [-0.3, -0.25) is 4.79 Å². The van der Waals surface area contributed by atoms with Crippen molar-refractivity contribution in [2.75, 3.05) is 7.11 Å². The highest BCUT2D eigenvalue weighted by molar-refractivity contribution is 7.98. The van der Waals surface area contributed by atoms with Crippen LogP contribution in [0.1, 0.15) is 5.82 Å². The van der Waals surface area contributed by atoms with Gasteiger partial charge in [-0.25, -0.2) is 4.98 Å². The van der Waals surface area contributed by atoms with Gasteiger partial charge in [0.15, 0.2) is 0 Å². The first kappa shape index (κ1) is 19.5. The Bertz CT molecular complexity index is 1390. The number of aromatic amines is 1. The van der Waals surface area contributed by atoms with Crippen molar-refractivity contribution < 1.29 is 9.15 Å². The van der Waals surface area contributed by atoms with E-state index in [4.69, 9.17) is 9.15 Å². The molecular formula is C22H16N4O3S2. The number of fused-ring (bicyclic) bond motifs is 1. The Labute approximate surface area is 185 Å². The average molecular weight is 449 g/mol. The van der Waals surface area contributed by atoms with E-state index >= 15 is 0 Å². The second-order valence-corrected chi connectivity index (χ2v) is 8.57. The van der Waals surface area contributed by atoms with E-state index in [9.17, 15) is 4.79 Å². The van der Waals surface area contributed by atoms with Crippen LogP contribution in [0.5, 0.6) is 5.75 Å². The molecule has 0 amide bonds. The number of hydrogen-bond donors (Lipinski definition) is 1. The van der Waals surface area contributed by atoms with E-state index in [0.717, 1.165) is 21.8 Å². The van der Waals surface area contributed by atoms with Crippen LogP contribution < -0.4 is 10.3 Å². The Kier molecular flexibility index (Phi) is 5.27. The van der Waals surface area contributed by atoms with Crippen LogP contribution in [0.2, 0.25) is 0 Å². The van der Waals surface area contributed by atoms with Crippen LogP contribution >= 0.6 is 23.1 Å². The zero-order chi connectivity index (χ0) is 21.2. The van der Waals surface area contributed by atoms with Gasteiger partial charge >= 0.3 is 0 Å². The maximum absolute atomic E-state index is 12.6. The molecule has 1 N–H and O–H groups in total. The highest BCUT2D eigenvalue weighted by Crippen LogP contribution is 2.32. The van der Waals surface area contributed by atoms with E-state index in [0.29, 0.717) is 32.9 Å². The third kappa shape index (κ3) is 4.10. The number of benzene rings is 2. The number of rotatable bonds is 6. The van der Waals surface area contributed by atoms with E-state index < -0.39 is 0 Å². The van der Waals surface area contributed by atoms with E-state index in [2.05, 4.69) is 20.2 Å². The normalized spacial score (nSPS) is 11.1. The SMILES string of the molecule is COc1ccc(-c2cc3nc(CSc4nnc(-c5ccccc5)o4)[nH]c(=O)c3s2)cc1. The van der Waals surface area contributed by atoms with Crippen LogP contribution in [0.25, 0.3) is 32.1 Å². The first-order valence-corrected chi connectivity index (χ1v) is 11.2. The minimum absolute atomic E-state index is 0.152. The fourth-order valence-corrected chi connectivity index (χ4v) is 4.68. The number of hydrogen-bond acceptors (Lipinski definition) is 8. The average Bonchev–Trinajstić information content (AvgIpc) is 3.46. The molecule has 5 aromatic rings. The maximum atomic E-state index is 12.6. The Morgan fingerprint density at radius 2 is 1.87 bits per heavy atom. The summed E-state index contributed by atoms with van der Waals surface area (Å²) in [6, 6.07) is 19.2. The molecule has 0 aliphatic rings. The Morgan fingerprint density at radius 1 is 1.06 bits per heavy atom. The lowest BCUT2D eigenvalue weighted by Gasteiger charge is -2.00. The van der Waals surface area contributed by atoms with Gasteiger partial charge in [-0.15, -0.1) is 21.5 Å². The van der Waals surface area contributed by atoms with Crippen molar-refractivity contribution >= 4 is 33.3 Å². The molecule has 154 valence electrons. The van der Waals surface area contributed by atoms with E-state index in [1.165, 1.54) is 23.1 Å². The predicted molar refractivity (Wildman–Crippen MR) is 122 cm³/mol. The molecule has 0 saturated heterocycles. The van der Waals surface area contributed by atoms with Gasteiger partial charge in [0.05, 0.1) is 18.4 Å². The lowest BCUT2D eigenvalue weighted by atomic mass is 10.2. The molecule has 9 heteroatoms. The Morgan fingerprint density at radius 3 is 2.65 bits per heavy atom. The molecule has 0 spiro atoms.